The number of hydrogen-bond acceptors (Lipinski definition) is 7. The maximum absolute atomic E-state index is 13.2. The Balaban J connectivity index is 1.63. The Morgan fingerprint density at radius 2 is 2.30 bits per heavy atom. The van der Waals surface area contributed by atoms with Crippen LogP contribution in [0.2, 0.25) is 0 Å². The molecule has 0 aliphatic carbocycles. The average molecular weight is 350 g/mol. The zero-order valence-electron chi connectivity index (χ0n) is 11.9. The summed E-state index contributed by atoms with van der Waals surface area (Å²) in [6.07, 6.45) is 1.53. The summed E-state index contributed by atoms with van der Waals surface area (Å²) in [6.45, 7) is 1.41. The van der Waals surface area contributed by atoms with Gasteiger partial charge in [0.15, 0.2) is 4.34 Å². The highest BCUT2D eigenvalue weighted by atomic mass is 32.2. The number of thioether (sulfide) groups is 1. The molecule has 118 valence electrons. The molecule has 0 saturated heterocycles. The molecule has 2 aromatic heterocycles. The minimum absolute atomic E-state index is 0.186. The molecule has 1 N–H and O–H groups in total. The molecule has 2 heterocycles. The van der Waals surface area contributed by atoms with Gasteiger partial charge in [0.2, 0.25) is 16.9 Å². The number of nitrogens with one attached hydrogen (secondary N) is 1. The molecule has 0 bridgehead atoms. The smallest absolute Gasteiger partial charge is 0.226 e. The van der Waals surface area contributed by atoms with Crippen molar-refractivity contribution in [2.75, 3.05) is 5.32 Å². The van der Waals surface area contributed by atoms with E-state index in [-0.39, 0.29) is 11.7 Å². The van der Waals surface area contributed by atoms with Gasteiger partial charge in [0.25, 0.3) is 0 Å². The number of hydrogen-bond donors (Lipinski definition) is 1. The highest BCUT2D eigenvalue weighted by Gasteiger charge is 2.10. The zero-order chi connectivity index (χ0) is 16.2. The molecule has 0 aliphatic heterocycles. The van der Waals surface area contributed by atoms with Gasteiger partial charge in [0, 0.05) is 18.2 Å². The van der Waals surface area contributed by atoms with Crippen LogP contribution in [-0.2, 0) is 10.5 Å². The minimum atomic E-state index is -0.337. The first kappa shape index (κ1) is 15.6. The van der Waals surface area contributed by atoms with Crippen molar-refractivity contribution in [2.24, 2.45) is 0 Å². The molecule has 1 amide bonds. The molecule has 0 spiro atoms. The van der Waals surface area contributed by atoms with Crippen LogP contribution in [0, 0.1) is 5.82 Å². The number of anilines is 1. The number of aromatic nitrogens is 3. The first-order valence-electron chi connectivity index (χ1n) is 6.54. The summed E-state index contributed by atoms with van der Waals surface area (Å²) in [5, 5.41) is 10.9. The molecule has 6 nitrogen and oxygen atoms in total. The lowest BCUT2D eigenvalue weighted by Crippen LogP contribution is -2.04. The second kappa shape index (κ2) is 6.88. The maximum atomic E-state index is 13.2. The minimum Gasteiger partial charge on any atom is -0.444 e. The van der Waals surface area contributed by atoms with Crippen LogP contribution in [-0.4, -0.2) is 21.1 Å². The van der Waals surface area contributed by atoms with Crippen molar-refractivity contribution >= 4 is 34.1 Å². The molecule has 0 fully saturated rings. The Labute approximate surface area is 139 Å². The van der Waals surface area contributed by atoms with Crippen molar-refractivity contribution in [3.63, 3.8) is 0 Å². The standard InChI is InChI=1S/C14H11FN4O2S2/c1-8(20)16-13-18-19-14(23-13)22-7-11-6-21-12(17-11)9-3-2-4-10(15)5-9/h2-6H,7H2,1H3,(H,16,18,20). The molecular weight excluding hydrogens is 339 g/mol. The number of nitrogens with zero attached hydrogens (tertiary/aromatic N) is 3. The summed E-state index contributed by atoms with van der Waals surface area (Å²) in [4.78, 5) is 15.3. The molecular formula is C14H11FN4O2S2. The quantitative estimate of drug-likeness (QED) is 0.559. The van der Waals surface area contributed by atoms with Crippen LogP contribution in [0.5, 0.6) is 0 Å². The molecule has 9 heteroatoms. The van der Waals surface area contributed by atoms with Crippen molar-refractivity contribution in [3.05, 3.63) is 42.0 Å². The SMILES string of the molecule is CC(=O)Nc1nnc(SCc2coc(-c3cccc(F)c3)n2)s1. The van der Waals surface area contributed by atoms with Crippen molar-refractivity contribution in [1.29, 1.82) is 0 Å². The Kier molecular flexibility index (Phi) is 4.68. The number of oxazole rings is 1. The van der Waals surface area contributed by atoms with Gasteiger partial charge in [-0.05, 0) is 18.2 Å². The first-order valence-corrected chi connectivity index (χ1v) is 8.34. The topological polar surface area (TPSA) is 80.9 Å². The third-order valence-electron chi connectivity index (χ3n) is 2.66. The average Bonchev–Trinajstić information content (AvgIpc) is 3.14. The van der Waals surface area contributed by atoms with E-state index >= 15 is 0 Å². The number of carbonyl (C=O) groups excluding carboxylic acids is 1. The van der Waals surface area contributed by atoms with Gasteiger partial charge in [-0.3, -0.25) is 4.79 Å². The molecule has 0 atom stereocenters. The fourth-order valence-corrected chi connectivity index (χ4v) is 3.41. The number of carbonyl (C=O) groups is 1. The van der Waals surface area contributed by atoms with Crippen molar-refractivity contribution in [3.8, 4) is 11.5 Å². The Morgan fingerprint density at radius 1 is 1.43 bits per heavy atom. The molecule has 0 unspecified atom stereocenters. The third-order valence-corrected chi connectivity index (χ3v) is 4.66. The van der Waals surface area contributed by atoms with Gasteiger partial charge in [-0.15, -0.1) is 10.2 Å². The Morgan fingerprint density at radius 3 is 3.09 bits per heavy atom. The normalized spacial score (nSPS) is 10.7. The third kappa shape index (κ3) is 4.14. The van der Waals surface area contributed by atoms with E-state index in [1.807, 2.05) is 0 Å². The fraction of sp³-hybridized carbons (Fsp3) is 0.143. The highest BCUT2D eigenvalue weighted by molar-refractivity contribution is 8.00. The van der Waals surface area contributed by atoms with Crippen LogP contribution in [0.15, 0.2) is 39.3 Å². The lowest BCUT2D eigenvalue weighted by molar-refractivity contribution is -0.114. The van der Waals surface area contributed by atoms with Gasteiger partial charge in [-0.2, -0.15) is 0 Å². The Hall–Kier alpha value is -2.26. The van der Waals surface area contributed by atoms with Gasteiger partial charge >= 0.3 is 0 Å². The Bertz CT molecular complexity index is 834. The number of amides is 1. The summed E-state index contributed by atoms with van der Waals surface area (Å²) in [5.41, 5.74) is 1.30. The fourth-order valence-electron chi connectivity index (χ4n) is 1.73. The van der Waals surface area contributed by atoms with E-state index in [9.17, 15) is 9.18 Å². The van der Waals surface area contributed by atoms with E-state index in [0.29, 0.717) is 32.4 Å². The van der Waals surface area contributed by atoms with Crippen LogP contribution in [0.3, 0.4) is 0 Å². The molecule has 3 aromatic rings. The van der Waals surface area contributed by atoms with E-state index in [4.69, 9.17) is 4.42 Å². The van der Waals surface area contributed by atoms with Gasteiger partial charge < -0.3 is 9.73 Å². The van der Waals surface area contributed by atoms with Gasteiger partial charge in [-0.25, -0.2) is 9.37 Å². The molecule has 0 radical (unpaired) electrons. The second-order valence-electron chi connectivity index (χ2n) is 4.50. The van der Waals surface area contributed by atoms with E-state index in [2.05, 4.69) is 20.5 Å². The summed E-state index contributed by atoms with van der Waals surface area (Å²) >= 11 is 2.72. The lowest BCUT2D eigenvalue weighted by atomic mass is 10.2. The summed E-state index contributed by atoms with van der Waals surface area (Å²) < 4.78 is 19.3. The number of rotatable bonds is 5. The first-order chi connectivity index (χ1) is 11.1. The van der Waals surface area contributed by atoms with E-state index in [1.165, 1.54) is 48.4 Å². The van der Waals surface area contributed by atoms with Gasteiger partial charge in [0.05, 0.1) is 5.69 Å². The number of benzene rings is 1. The summed E-state index contributed by atoms with van der Waals surface area (Å²) in [5.74, 6) is 0.384. The van der Waals surface area contributed by atoms with E-state index in [0.717, 1.165) is 0 Å². The van der Waals surface area contributed by atoms with Crippen molar-refractivity contribution < 1.29 is 13.6 Å². The molecule has 3 rings (SSSR count). The van der Waals surface area contributed by atoms with Crippen LogP contribution in [0.25, 0.3) is 11.5 Å². The summed E-state index contributed by atoms with van der Waals surface area (Å²) in [7, 11) is 0. The van der Waals surface area contributed by atoms with Gasteiger partial charge in [-0.1, -0.05) is 29.2 Å². The van der Waals surface area contributed by atoms with Crippen LogP contribution in [0.4, 0.5) is 9.52 Å². The van der Waals surface area contributed by atoms with Crippen LogP contribution < -0.4 is 5.32 Å². The van der Waals surface area contributed by atoms with E-state index < -0.39 is 0 Å². The van der Waals surface area contributed by atoms with Crippen molar-refractivity contribution in [1.82, 2.24) is 15.2 Å². The van der Waals surface area contributed by atoms with Crippen LogP contribution >= 0.6 is 23.1 Å². The van der Waals surface area contributed by atoms with Crippen LogP contribution in [0.1, 0.15) is 12.6 Å². The maximum Gasteiger partial charge on any atom is 0.226 e. The zero-order valence-corrected chi connectivity index (χ0v) is 13.6. The monoisotopic (exact) mass is 350 g/mol. The highest BCUT2D eigenvalue weighted by Crippen LogP contribution is 2.29. The summed E-state index contributed by atoms with van der Waals surface area (Å²) in [6, 6.07) is 6.07. The predicted octanol–water partition coefficient (Wildman–Crippen LogP) is 3.58. The molecule has 23 heavy (non-hydrogen) atoms. The predicted molar refractivity (Wildman–Crippen MR) is 85.7 cm³/mol. The lowest BCUT2D eigenvalue weighted by Gasteiger charge is -1.94. The van der Waals surface area contributed by atoms with Gasteiger partial charge in [0.1, 0.15) is 12.1 Å². The molecule has 1 aromatic carbocycles. The molecule has 0 saturated carbocycles. The van der Waals surface area contributed by atoms with E-state index in [1.54, 1.807) is 12.1 Å². The molecule has 0 aliphatic rings. The second-order valence-corrected chi connectivity index (χ2v) is 6.70. The number of halogens is 1. The largest absolute Gasteiger partial charge is 0.444 e. The van der Waals surface area contributed by atoms with Crippen molar-refractivity contribution in [2.45, 2.75) is 17.0 Å².